The number of carbonyl (C=O) groups is 1. The molecule has 0 spiro atoms. The molecule has 1 N–H and O–H groups in total. The number of rotatable bonds is 6. The minimum atomic E-state index is -3.79. The van der Waals surface area contributed by atoms with E-state index in [1.54, 1.807) is 0 Å². The Kier molecular flexibility index (Phi) is 5.31. The summed E-state index contributed by atoms with van der Waals surface area (Å²) in [5.41, 5.74) is -0.434. The third-order valence-corrected chi connectivity index (χ3v) is 5.52. The van der Waals surface area contributed by atoms with Crippen molar-refractivity contribution in [3.63, 3.8) is 0 Å². The lowest BCUT2D eigenvalue weighted by atomic mass is 10.3. The number of carboxylic acid groups (broad SMARTS) is 1. The van der Waals surface area contributed by atoms with Crippen LogP contribution < -0.4 is 0 Å². The van der Waals surface area contributed by atoms with E-state index in [2.05, 4.69) is 0 Å². The summed E-state index contributed by atoms with van der Waals surface area (Å²) < 4.78 is 24.8. The molecule has 0 saturated heterocycles. The number of hydrogen-bond acceptors (Lipinski definition) is 6. The zero-order valence-electron chi connectivity index (χ0n) is 11.5. The van der Waals surface area contributed by atoms with Crippen LogP contribution in [0.2, 0.25) is 0 Å². The molecule has 1 aromatic carbocycles. The van der Waals surface area contributed by atoms with Crippen molar-refractivity contribution in [3.8, 4) is 0 Å². The molecule has 1 atom stereocenters. The van der Waals surface area contributed by atoms with Gasteiger partial charge in [-0.2, -0.15) is 0 Å². The molecule has 21 heavy (non-hydrogen) atoms. The zero-order chi connectivity index (χ0) is 16.4. The van der Waals surface area contributed by atoms with E-state index in [4.69, 9.17) is 5.11 Å². The van der Waals surface area contributed by atoms with Gasteiger partial charge in [0, 0.05) is 20.2 Å². The van der Waals surface area contributed by atoms with Crippen molar-refractivity contribution < 1.29 is 23.2 Å². The molecule has 0 heterocycles. The van der Waals surface area contributed by atoms with Gasteiger partial charge in [0.1, 0.15) is 5.25 Å². The molecule has 0 aliphatic carbocycles. The standard InChI is InChI=1S/C11H14N2O6S2/c1-7(11(14)15)20-10-5-4-8(6-9(10)13(16)17)21(18,19)12(2)3/h4-7H,1-3H3,(H,14,15). The lowest BCUT2D eigenvalue weighted by molar-refractivity contribution is -0.388. The second-order valence-corrected chi connectivity index (χ2v) is 7.81. The first-order chi connectivity index (χ1) is 9.57. The smallest absolute Gasteiger partial charge is 0.316 e. The molecule has 116 valence electrons. The van der Waals surface area contributed by atoms with Crippen molar-refractivity contribution in [2.45, 2.75) is 22.0 Å². The van der Waals surface area contributed by atoms with Gasteiger partial charge in [-0.1, -0.05) is 0 Å². The van der Waals surface area contributed by atoms with Crippen LogP contribution in [-0.4, -0.2) is 48.1 Å². The van der Waals surface area contributed by atoms with Gasteiger partial charge >= 0.3 is 5.97 Å². The van der Waals surface area contributed by atoms with Gasteiger partial charge in [-0.3, -0.25) is 14.9 Å². The maximum atomic E-state index is 12.0. The third kappa shape index (κ3) is 3.93. The van der Waals surface area contributed by atoms with Crippen LogP contribution in [-0.2, 0) is 14.8 Å². The van der Waals surface area contributed by atoms with Crippen LogP contribution in [0.4, 0.5) is 5.69 Å². The summed E-state index contributed by atoms with van der Waals surface area (Å²) in [5.74, 6) is -1.11. The lowest BCUT2D eigenvalue weighted by Crippen LogP contribution is -2.22. The van der Waals surface area contributed by atoms with Crippen LogP contribution in [0.25, 0.3) is 0 Å². The predicted molar refractivity (Wildman–Crippen MR) is 76.9 cm³/mol. The van der Waals surface area contributed by atoms with Crippen molar-refractivity contribution >= 4 is 33.4 Å². The molecular formula is C11H14N2O6S2. The highest BCUT2D eigenvalue weighted by atomic mass is 32.2. The molecule has 0 aromatic heterocycles. The molecule has 0 aliphatic heterocycles. The van der Waals surface area contributed by atoms with Crippen molar-refractivity contribution in [1.82, 2.24) is 4.31 Å². The van der Waals surface area contributed by atoms with E-state index in [0.29, 0.717) is 0 Å². The monoisotopic (exact) mass is 334 g/mol. The van der Waals surface area contributed by atoms with Gasteiger partial charge in [0.05, 0.1) is 14.7 Å². The summed E-state index contributed by atoms with van der Waals surface area (Å²) in [5, 5.41) is 19.0. The Hall–Kier alpha value is -1.65. The molecule has 8 nitrogen and oxygen atoms in total. The SMILES string of the molecule is CC(Sc1ccc(S(=O)(=O)N(C)C)cc1[N+](=O)[O-])C(=O)O. The number of nitro groups is 1. The van der Waals surface area contributed by atoms with Gasteiger partial charge in [-0.05, 0) is 19.1 Å². The van der Waals surface area contributed by atoms with Gasteiger partial charge in [-0.15, -0.1) is 11.8 Å². The minimum absolute atomic E-state index is 0.104. The average Bonchev–Trinajstić information content (AvgIpc) is 2.38. The number of hydrogen-bond donors (Lipinski definition) is 1. The van der Waals surface area contributed by atoms with Gasteiger partial charge in [0.2, 0.25) is 10.0 Å². The largest absolute Gasteiger partial charge is 0.480 e. The van der Waals surface area contributed by atoms with Crippen LogP contribution in [0.5, 0.6) is 0 Å². The molecule has 0 radical (unpaired) electrons. The lowest BCUT2D eigenvalue weighted by Gasteiger charge is -2.12. The molecule has 1 aromatic rings. The van der Waals surface area contributed by atoms with Crippen molar-refractivity contribution in [2.24, 2.45) is 0 Å². The van der Waals surface area contributed by atoms with Crippen molar-refractivity contribution in [3.05, 3.63) is 28.3 Å². The van der Waals surface area contributed by atoms with Gasteiger partial charge < -0.3 is 5.11 Å². The molecule has 0 bridgehead atoms. The second-order valence-electron chi connectivity index (χ2n) is 4.27. The molecule has 0 fully saturated rings. The van der Waals surface area contributed by atoms with Gasteiger partial charge in [0.25, 0.3) is 5.69 Å². The quantitative estimate of drug-likeness (QED) is 0.474. The summed E-state index contributed by atoms with van der Waals surface area (Å²) in [4.78, 5) is 21.0. The molecule has 0 saturated carbocycles. The predicted octanol–water partition coefficient (Wildman–Crippen LogP) is 1.41. The van der Waals surface area contributed by atoms with Crippen LogP contribution >= 0.6 is 11.8 Å². The van der Waals surface area contributed by atoms with E-state index in [9.17, 15) is 23.3 Å². The first-order valence-corrected chi connectivity index (χ1v) is 7.99. The van der Waals surface area contributed by atoms with Crippen LogP contribution in [0.15, 0.2) is 28.0 Å². The van der Waals surface area contributed by atoms with E-state index in [0.717, 1.165) is 22.1 Å². The first kappa shape index (κ1) is 17.4. The Balaban J connectivity index is 3.33. The molecular weight excluding hydrogens is 320 g/mol. The van der Waals surface area contributed by atoms with E-state index < -0.39 is 31.9 Å². The Bertz CT molecular complexity index is 671. The number of nitro benzene ring substituents is 1. The van der Waals surface area contributed by atoms with E-state index in [1.807, 2.05) is 0 Å². The number of benzene rings is 1. The molecule has 0 aliphatic rings. The highest BCUT2D eigenvalue weighted by molar-refractivity contribution is 8.00. The summed E-state index contributed by atoms with van der Waals surface area (Å²) in [6.07, 6.45) is 0. The number of nitrogens with zero attached hydrogens (tertiary/aromatic N) is 2. The fraction of sp³-hybridized carbons (Fsp3) is 0.364. The summed E-state index contributed by atoms with van der Waals surface area (Å²) >= 11 is 0.785. The van der Waals surface area contributed by atoms with Gasteiger partial charge in [0.15, 0.2) is 0 Å². The molecule has 1 rings (SSSR count). The molecule has 0 amide bonds. The highest BCUT2D eigenvalue weighted by Gasteiger charge is 2.25. The van der Waals surface area contributed by atoms with Crippen LogP contribution in [0, 0.1) is 10.1 Å². The van der Waals surface area contributed by atoms with Crippen molar-refractivity contribution in [1.29, 1.82) is 0 Å². The first-order valence-electron chi connectivity index (χ1n) is 5.67. The van der Waals surface area contributed by atoms with Gasteiger partial charge in [-0.25, -0.2) is 12.7 Å². The maximum absolute atomic E-state index is 12.0. The maximum Gasteiger partial charge on any atom is 0.316 e. The van der Waals surface area contributed by atoms with E-state index >= 15 is 0 Å². The third-order valence-electron chi connectivity index (χ3n) is 2.56. The second kappa shape index (κ2) is 6.41. The Morgan fingerprint density at radius 1 is 1.43 bits per heavy atom. The summed E-state index contributed by atoms with van der Waals surface area (Å²) in [6.45, 7) is 1.39. The van der Waals surface area contributed by atoms with Crippen molar-refractivity contribution in [2.75, 3.05) is 14.1 Å². The molecule has 1 unspecified atom stereocenters. The average molecular weight is 334 g/mol. The topological polar surface area (TPSA) is 118 Å². The fourth-order valence-electron chi connectivity index (χ4n) is 1.35. The van der Waals surface area contributed by atoms with E-state index in [1.165, 1.54) is 33.2 Å². The Morgan fingerprint density at radius 2 is 2.00 bits per heavy atom. The van der Waals surface area contributed by atoms with E-state index in [-0.39, 0.29) is 9.79 Å². The normalized spacial score (nSPS) is 13.1. The highest BCUT2D eigenvalue weighted by Crippen LogP contribution is 2.34. The fourth-order valence-corrected chi connectivity index (χ4v) is 3.16. The van der Waals surface area contributed by atoms with Crippen LogP contribution in [0.3, 0.4) is 0 Å². The minimum Gasteiger partial charge on any atom is -0.480 e. The summed E-state index contributed by atoms with van der Waals surface area (Å²) in [6, 6.07) is 3.41. The number of thioether (sulfide) groups is 1. The number of carboxylic acids is 1. The number of sulfonamides is 1. The number of aliphatic carboxylic acids is 1. The Morgan fingerprint density at radius 3 is 2.43 bits per heavy atom. The summed E-state index contributed by atoms with van der Waals surface area (Å²) in [7, 11) is -1.16. The van der Waals surface area contributed by atoms with Crippen LogP contribution in [0.1, 0.15) is 6.92 Å². The zero-order valence-corrected chi connectivity index (χ0v) is 13.1. The molecule has 10 heteroatoms. The Labute approximate surface area is 126 Å².